The van der Waals surface area contributed by atoms with Crippen molar-refractivity contribution in [3.05, 3.63) is 71.8 Å². The summed E-state index contributed by atoms with van der Waals surface area (Å²) in [6.45, 7) is 0. The summed E-state index contributed by atoms with van der Waals surface area (Å²) in [5.74, 6) is 0.366. The van der Waals surface area contributed by atoms with E-state index in [4.69, 9.17) is 0 Å². The molecule has 2 aromatic carbocycles. The SMILES string of the molecule is O=C1C[C@@H](c2ccccc2)SS[C@H](c2ccccc2)C1. The van der Waals surface area contributed by atoms with Gasteiger partial charge in [-0.2, -0.15) is 0 Å². The quantitative estimate of drug-likeness (QED) is 0.708. The number of hydrogen-bond donors (Lipinski definition) is 0. The first kappa shape index (κ1) is 13.8. The lowest BCUT2D eigenvalue weighted by Crippen LogP contribution is -2.04. The third kappa shape index (κ3) is 3.28. The van der Waals surface area contributed by atoms with Crippen LogP contribution in [-0.2, 0) is 4.79 Å². The first-order valence-corrected chi connectivity index (χ1v) is 9.04. The predicted octanol–water partition coefficient (Wildman–Crippen LogP) is 5.21. The van der Waals surface area contributed by atoms with Crippen LogP contribution in [-0.4, -0.2) is 5.78 Å². The molecule has 0 spiro atoms. The van der Waals surface area contributed by atoms with E-state index in [0.717, 1.165) is 0 Å². The fourth-order valence-electron chi connectivity index (χ4n) is 2.38. The molecule has 102 valence electrons. The van der Waals surface area contributed by atoms with Gasteiger partial charge in [-0.15, -0.1) is 0 Å². The third-order valence-electron chi connectivity index (χ3n) is 3.46. The van der Waals surface area contributed by atoms with Gasteiger partial charge in [0.15, 0.2) is 0 Å². The largest absolute Gasteiger partial charge is 0.300 e. The van der Waals surface area contributed by atoms with Crippen LogP contribution in [0.15, 0.2) is 60.7 Å². The van der Waals surface area contributed by atoms with Crippen LogP contribution in [0.4, 0.5) is 0 Å². The van der Waals surface area contributed by atoms with Gasteiger partial charge < -0.3 is 0 Å². The van der Waals surface area contributed by atoms with Crippen molar-refractivity contribution in [2.24, 2.45) is 0 Å². The highest BCUT2D eigenvalue weighted by molar-refractivity contribution is 8.76. The summed E-state index contributed by atoms with van der Waals surface area (Å²) in [4.78, 5) is 12.2. The molecule has 1 heterocycles. The summed E-state index contributed by atoms with van der Waals surface area (Å²) in [5, 5.41) is 0.560. The molecule has 1 nitrogen and oxygen atoms in total. The van der Waals surface area contributed by atoms with Crippen LogP contribution in [0.1, 0.15) is 34.5 Å². The molecule has 1 aliphatic rings. The van der Waals surface area contributed by atoms with Crippen LogP contribution in [0.25, 0.3) is 0 Å². The molecule has 0 amide bonds. The van der Waals surface area contributed by atoms with Gasteiger partial charge in [-0.25, -0.2) is 0 Å². The Morgan fingerprint density at radius 2 is 1.10 bits per heavy atom. The van der Waals surface area contributed by atoms with Crippen molar-refractivity contribution < 1.29 is 4.79 Å². The molecule has 0 unspecified atom stereocenters. The standard InChI is InChI=1S/C17H16OS2/c18-15-11-16(13-7-3-1-4-8-13)19-20-17(12-15)14-9-5-2-6-10-14/h1-10,16-17H,11-12H2/t16-,17-/m0/s1. The lowest BCUT2D eigenvalue weighted by molar-refractivity contribution is -0.119. The first-order valence-electron chi connectivity index (χ1n) is 6.76. The highest BCUT2D eigenvalue weighted by Crippen LogP contribution is 2.51. The molecule has 0 bridgehead atoms. The molecule has 0 aromatic heterocycles. The fraction of sp³-hybridized carbons (Fsp3) is 0.235. The predicted molar refractivity (Wildman–Crippen MR) is 87.8 cm³/mol. The number of carbonyl (C=O) groups is 1. The molecule has 0 saturated carbocycles. The van der Waals surface area contributed by atoms with Crippen LogP contribution in [0.5, 0.6) is 0 Å². The average Bonchev–Trinajstić information content (AvgIpc) is 2.71. The Hall–Kier alpha value is -1.19. The normalized spacial score (nSPS) is 23.3. The van der Waals surface area contributed by atoms with Crippen LogP contribution in [0.3, 0.4) is 0 Å². The lowest BCUT2D eigenvalue weighted by Gasteiger charge is -2.14. The monoisotopic (exact) mass is 300 g/mol. The molecule has 3 heteroatoms. The van der Waals surface area contributed by atoms with E-state index in [1.807, 2.05) is 58.0 Å². The molecule has 3 rings (SSSR count). The highest BCUT2D eigenvalue weighted by Gasteiger charge is 2.27. The summed E-state index contributed by atoms with van der Waals surface area (Å²) in [6.07, 6.45) is 1.29. The van der Waals surface area contributed by atoms with E-state index < -0.39 is 0 Å². The molecular formula is C17H16OS2. The van der Waals surface area contributed by atoms with Gasteiger partial charge >= 0.3 is 0 Å². The van der Waals surface area contributed by atoms with Crippen molar-refractivity contribution in [1.29, 1.82) is 0 Å². The van der Waals surface area contributed by atoms with E-state index in [1.54, 1.807) is 0 Å². The second kappa shape index (κ2) is 6.51. The van der Waals surface area contributed by atoms with E-state index in [-0.39, 0.29) is 10.5 Å². The van der Waals surface area contributed by atoms with E-state index in [9.17, 15) is 4.79 Å². The van der Waals surface area contributed by atoms with Gasteiger partial charge in [0.1, 0.15) is 5.78 Å². The van der Waals surface area contributed by atoms with Gasteiger partial charge in [-0.05, 0) is 11.1 Å². The summed E-state index contributed by atoms with van der Waals surface area (Å²) in [5.41, 5.74) is 2.51. The van der Waals surface area contributed by atoms with Gasteiger partial charge in [0.05, 0.1) is 0 Å². The number of rotatable bonds is 2. The summed E-state index contributed by atoms with van der Waals surface area (Å²) < 4.78 is 0. The number of benzene rings is 2. The zero-order valence-electron chi connectivity index (χ0n) is 11.1. The summed E-state index contributed by atoms with van der Waals surface area (Å²) in [6, 6.07) is 20.7. The number of Topliss-reactive ketones (excluding diaryl/α,β-unsaturated/α-hetero) is 1. The van der Waals surface area contributed by atoms with Gasteiger partial charge in [0.2, 0.25) is 0 Å². The first-order chi connectivity index (χ1) is 9.83. The Balaban J connectivity index is 1.77. The molecule has 1 aliphatic heterocycles. The maximum absolute atomic E-state index is 12.2. The molecule has 2 aromatic rings. The topological polar surface area (TPSA) is 17.1 Å². The van der Waals surface area contributed by atoms with Crippen molar-refractivity contribution >= 4 is 27.4 Å². The van der Waals surface area contributed by atoms with Crippen molar-refractivity contribution in [2.75, 3.05) is 0 Å². The lowest BCUT2D eigenvalue weighted by atomic mass is 10.0. The Kier molecular flexibility index (Phi) is 4.48. The van der Waals surface area contributed by atoms with Crippen molar-refractivity contribution in [1.82, 2.24) is 0 Å². The number of hydrogen-bond acceptors (Lipinski definition) is 3. The Morgan fingerprint density at radius 1 is 0.700 bits per heavy atom. The second-order valence-electron chi connectivity index (χ2n) is 4.94. The van der Waals surface area contributed by atoms with E-state index in [0.29, 0.717) is 18.6 Å². The Morgan fingerprint density at radius 3 is 1.50 bits per heavy atom. The zero-order valence-corrected chi connectivity index (χ0v) is 12.7. The van der Waals surface area contributed by atoms with Crippen molar-refractivity contribution in [3.8, 4) is 0 Å². The smallest absolute Gasteiger partial charge is 0.135 e. The van der Waals surface area contributed by atoms with Crippen molar-refractivity contribution in [3.63, 3.8) is 0 Å². The van der Waals surface area contributed by atoms with E-state index in [1.165, 1.54) is 11.1 Å². The van der Waals surface area contributed by atoms with Crippen LogP contribution < -0.4 is 0 Å². The second-order valence-corrected chi connectivity index (χ2v) is 7.62. The minimum Gasteiger partial charge on any atom is -0.300 e. The summed E-state index contributed by atoms with van der Waals surface area (Å²) >= 11 is 0. The minimum absolute atomic E-state index is 0.280. The molecule has 0 radical (unpaired) electrons. The Bertz CT molecular complexity index is 517. The van der Waals surface area contributed by atoms with Crippen LogP contribution >= 0.6 is 21.6 Å². The van der Waals surface area contributed by atoms with Crippen LogP contribution in [0, 0.1) is 0 Å². The maximum Gasteiger partial charge on any atom is 0.135 e. The highest BCUT2D eigenvalue weighted by atomic mass is 33.1. The van der Waals surface area contributed by atoms with Crippen LogP contribution in [0.2, 0.25) is 0 Å². The Labute approximate surface area is 127 Å². The molecule has 1 fully saturated rings. The maximum atomic E-state index is 12.2. The number of carbonyl (C=O) groups excluding carboxylic acids is 1. The zero-order chi connectivity index (χ0) is 13.8. The van der Waals surface area contributed by atoms with Crippen molar-refractivity contribution in [2.45, 2.75) is 23.3 Å². The fourth-order valence-corrected chi connectivity index (χ4v) is 5.57. The molecule has 0 aliphatic carbocycles. The molecule has 1 saturated heterocycles. The average molecular weight is 300 g/mol. The van der Waals surface area contributed by atoms with Gasteiger partial charge in [-0.3, -0.25) is 4.79 Å². The van der Waals surface area contributed by atoms with Gasteiger partial charge in [0.25, 0.3) is 0 Å². The van der Waals surface area contributed by atoms with E-state index in [2.05, 4.69) is 24.3 Å². The number of ketones is 1. The molecule has 2 atom stereocenters. The van der Waals surface area contributed by atoms with Gasteiger partial charge in [-0.1, -0.05) is 82.3 Å². The van der Waals surface area contributed by atoms with Gasteiger partial charge in [0, 0.05) is 23.3 Å². The summed E-state index contributed by atoms with van der Waals surface area (Å²) in [7, 11) is 3.68. The minimum atomic E-state index is 0.280. The molecular weight excluding hydrogens is 284 g/mol. The molecule has 0 N–H and O–H groups in total. The van der Waals surface area contributed by atoms with E-state index >= 15 is 0 Å². The molecule has 20 heavy (non-hydrogen) atoms. The third-order valence-corrected chi connectivity index (χ3v) is 6.64.